The molecule has 2 N–H and O–H groups in total. The Hall–Kier alpha value is -0.0861. The molecule has 0 spiro atoms. The molecule has 0 aromatic heterocycles. The monoisotopic (exact) mass is 755 g/mol. The number of hydrogen-bond donors (Lipinski definition) is 1. The second-order valence-electron chi connectivity index (χ2n) is 3.87. The van der Waals surface area contributed by atoms with Crippen molar-refractivity contribution in [2.45, 2.75) is 13.0 Å². The summed E-state index contributed by atoms with van der Waals surface area (Å²) in [5, 5.41) is 0. The minimum Gasteiger partial charge on any atom is -0.419 e. The van der Waals surface area contributed by atoms with E-state index in [-0.39, 0.29) is 62.2 Å². The Kier molecular flexibility index (Phi) is 24.1. The van der Waals surface area contributed by atoms with Crippen LogP contribution in [0.4, 0.5) is 0 Å². The Morgan fingerprint density at radius 3 is 1.78 bits per heavy atom. The molecule has 0 aliphatic carbocycles. The Morgan fingerprint density at radius 2 is 1.43 bits per heavy atom. The van der Waals surface area contributed by atoms with E-state index in [0.717, 1.165) is 18.1 Å². The predicted molar refractivity (Wildman–Crippen MR) is 89.8 cm³/mol. The van der Waals surface area contributed by atoms with Gasteiger partial charge in [-0.25, -0.2) is 12.7 Å². The third kappa shape index (κ3) is 14.0. The van der Waals surface area contributed by atoms with Gasteiger partial charge in [-0.1, -0.05) is 24.3 Å². The van der Waals surface area contributed by atoms with Crippen LogP contribution in [0.1, 0.15) is 12.0 Å². The van der Waals surface area contributed by atoms with Gasteiger partial charge in [-0.05, 0) is 17.4 Å². The largest absolute Gasteiger partial charge is 2.00 e. The maximum atomic E-state index is 8.93. The SMILES string of the molecule is C=C[C-]=O.NCc1ccc(-c2cc[c-]cc2)cc1.[CH2-]C[CH2-].[U+2].[U+2]. The fourth-order valence-corrected chi connectivity index (χ4v) is 1.41. The maximum Gasteiger partial charge on any atom is 2.00 e. The van der Waals surface area contributed by atoms with Gasteiger partial charge in [0.15, 0.2) is 0 Å². The van der Waals surface area contributed by atoms with Crippen molar-refractivity contribution in [1.29, 1.82) is 0 Å². The summed E-state index contributed by atoms with van der Waals surface area (Å²) in [6.45, 7) is 10.4. The van der Waals surface area contributed by atoms with Crippen LogP contribution in [0.2, 0.25) is 0 Å². The average molecular weight is 755 g/mol. The summed E-state index contributed by atoms with van der Waals surface area (Å²) >= 11 is 0. The normalized spacial score (nSPS) is 7.78. The van der Waals surface area contributed by atoms with Crippen LogP contribution in [0.5, 0.6) is 0 Å². The molecule has 0 saturated carbocycles. The van der Waals surface area contributed by atoms with E-state index in [2.05, 4.69) is 62.9 Å². The smallest absolute Gasteiger partial charge is 0.419 e. The van der Waals surface area contributed by atoms with Gasteiger partial charge in [0, 0.05) is 6.54 Å². The topological polar surface area (TPSA) is 43.1 Å². The van der Waals surface area contributed by atoms with Crippen molar-refractivity contribution in [2.75, 3.05) is 0 Å². The summed E-state index contributed by atoms with van der Waals surface area (Å²) in [5.41, 5.74) is 9.13. The Bertz CT molecular complexity index is 493. The molecule has 2 aromatic rings. The molecule has 0 radical (unpaired) electrons. The average Bonchev–Trinajstić information content (AvgIpc) is 2.57. The van der Waals surface area contributed by atoms with Crippen LogP contribution < -0.4 is 5.73 Å². The predicted octanol–water partition coefficient (Wildman–Crippen LogP) is 3.94. The molecule has 0 bridgehead atoms. The summed E-state index contributed by atoms with van der Waals surface area (Å²) in [5.74, 6) is 0. The van der Waals surface area contributed by atoms with Crippen LogP contribution in [0.25, 0.3) is 11.1 Å². The number of carbonyl (C=O) groups excluding carboxylic acids is 1. The summed E-state index contributed by atoms with van der Waals surface area (Å²) in [6.07, 6.45) is 3.26. The zero-order valence-corrected chi connectivity index (χ0v) is 21.5. The summed E-state index contributed by atoms with van der Waals surface area (Å²) in [7, 11) is 0. The Morgan fingerprint density at radius 1 is 1.04 bits per heavy atom. The van der Waals surface area contributed by atoms with Crippen molar-refractivity contribution in [2.24, 2.45) is 5.73 Å². The Balaban J connectivity index is -0.000000385. The molecule has 2 aromatic carbocycles. The Labute approximate surface area is 188 Å². The molecule has 0 aliphatic heterocycles. The van der Waals surface area contributed by atoms with E-state index in [4.69, 9.17) is 10.5 Å². The molecule has 0 unspecified atom stereocenters. The summed E-state index contributed by atoms with van der Waals surface area (Å²) in [4.78, 5) is 8.93. The number of hydrogen-bond acceptors (Lipinski definition) is 2. The van der Waals surface area contributed by atoms with Crippen LogP contribution in [0.15, 0.2) is 61.2 Å². The number of allylic oxidation sites excluding steroid dienone is 1. The number of benzene rings is 2. The van der Waals surface area contributed by atoms with Crippen LogP contribution >= 0.6 is 0 Å². The molecule has 0 amide bonds. The molecular formula is C19H21NOU2. The van der Waals surface area contributed by atoms with E-state index in [1.54, 1.807) is 0 Å². The van der Waals surface area contributed by atoms with Gasteiger partial charge in [-0.3, -0.25) is 0 Å². The molecule has 0 atom stereocenters. The van der Waals surface area contributed by atoms with Gasteiger partial charge < -0.3 is 30.8 Å². The van der Waals surface area contributed by atoms with E-state index < -0.39 is 0 Å². The quantitative estimate of drug-likeness (QED) is 0.382. The zero-order chi connectivity index (χ0) is 15.9. The first-order valence-electron chi connectivity index (χ1n) is 6.56. The summed E-state index contributed by atoms with van der Waals surface area (Å²) in [6, 6.07) is 19.3. The van der Waals surface area contributed by atoms with E-state index >= 15 is 0 Å². The molecule has 116 valence electrons. The number of nitrogens with two attached hydrogens (primary N) is 1. The fraction of sp³-hybridized carbons (Fsp3) is 0.105. The van der Waals surface area contributed by atoms with Crippen molar-refractivity contribution in [1.82, 2.24) is 0 Å². The third-order valence-corrected chi connectivity index (χ3v) is 2.32. The van der Waals surface area contributed by atoms with Crippen LogP contribution in [0, 0.1) is 82.1 Å². The molecular weight excluding hydrogens is 734 g/mol. The zero-order valence-electron chi connectivity index (χ0n) is 13.2. The molecule has 2 rings (SSSR count). The molecule has 0 saturated heterocycles. The van der Waals surface area contributed by atoms with Crippen molar-refractivity contribution in [3.8, 4) is 11.1 Å². The van der Waals surface area contributed by atoms with Crippen molar-refractivity contribution in [3.05, 3.63) is 86.7 Å². The summed E-state index contributed by atoms with van der Waals surface area (Å²) < 4.78 is 0. The van der Waals surface area contributed by atoms with Gasteiger partial charge >= 0.3 is 62.2 Å². The molecule has 23 heavy (non-hydrogen) atoms. The third-order valence-electron chi connectivity index (χ3n) is 2.32. The van der Waals surface area contributed by atoms with Crippen molar-refractivity contribution < 1.29 is 67.0 Å². The van der Waals surface area contributed by atoms with Crippen LogP contribution in [0.3, 0.4) is 0 Å². The van der Waals surface area contributed by atoms with Crippen LogP contribution in [-0.2, 0) is 11.3 Å². The second-order valence-corrected chi connectivity index (χ2v) is 3.87. The molecule has 0 aliphatic rings. The van der Waals surface area contributed by atoms with E-state index in [9.17, 15) is 0 Å². The minimum atomic E-state index is 0. The van der Waals surface area contributed by atoms with Gasteiger partial charge in [-0.15, -0.1) is 5.56 Å². The van der Waals surface area contributed by atoms with Gasteiger partial charge in [0.05, 0.1) is 0 Å². The van der Waals surface area contributed by atoms with Crippen molar-refractivity contribution >= 4 is 6.29 Å². The molecule has 0 fully saturated rings. The second kappa shape index (κ2) is 20.0. The van der Waals surface area contributed by atoms with Crippen molar-refractivity contribution in [3.63, 3.8) is 0 Å². The van der Waals surface area contributed by atoms with E-state index in [0.29, 0.717) is 6.54 Å². The molecule has 2 nitrogen and oxygen atoms in total. The molecule has 0 heterocycles. The standard InChI is InChI=1S/C13H12N.C3H3O.C3H6.2U/c14-10-11-6-8-13(9-7-11)12-4-2-1-3-5-12;1-2-3-4;1-3-2;;/h2-9H,10,14H2;2H,1H2;1-3H2;;/q2*-1;-2;2*+2. The maximum absolute atomic E-state index is 8.93. The fourth-order valence-electron chi connectivity index (χ4n) is 1.41. The first-order valence-corrected chi connectivity index (χ1v) is 6.56. The first-order chi connectivity index (χ1) is 10.2. The minimum absolute atomic E-state index is 0. The van der Waals surface area contributed by atoms with Gasteiger partial charge in [0.25, 0.3) is 0 Å². The van der Waals surface area contributed by atoms with Gasteiger partial charge in [0.2, 0.25) is 0 Å². The molecule has 4 heteroatoms. The van der Waals surface area contributed by atoms with E-state index in [1.807, 2.05) is 12.1 Å². The van der Waals surface area contributed by atoms with Gasteiger partial charge in [0.1, 0.15) is 0 Å². The number of rotatable bonds is 3. The van der Waals surface area contributed by atoms with Gasteiger partial charge in [-0.2, -0.15) is 30.3 Å². The van der Waals surface area contributed by atoms with Crippen LogP contribution in [-0.4, -0.2) is 6.29 Å². The first kappa shape index (κ1) is 27.7. The van der Waals surface area contributed by atoms with E-state index in [1.165, 1.54) is 17.4 Å².